The minimum atomic E-state index is -1.68. The lowest BCUT2D eigenvalue weighted by Crippen LogP contribution is -2.55. The van der Waals surface area contributed by atoms with E-state index in [9.17, 15) is 19.5 Å². The molecule has 5 N–H and O–H groups in total. The van der Waals surface area contributed by atoms with Crippen LogP contribution in [0.2, 0.25) is 0 Å². The summed E-state index contributed by atoms with van der Waals surface area (Å²) in [5.74, 6) is -3.75. The van der Waals surface area contributed by atoms with E-state index in [4.69, 9.17) is 15.3 Å². The van der Waals surface area contributed by atoms with Crippen molar-refractivity contribution in [1.82, 2.24) is 10.2 Å². The van der Waals surface area contributed by atoms with E-state index in [0.717, 1.165) is 0 Å². The standard InChI is InChI=1S/C9H16N2O7S/c1-19-4-5(8(16)17)10-9(18)11(2-6(12)13)3-7(14)15/h5,9-10,18H,2-4H2,1H3,(H,12,13)(H,14,15)(H,16,17). The molecule has 10 heteroatoms. The molecular weight excluding hydrogens is 280 g/mol. The molecule has 0 heterocycles. The van der Waals surface area contributed by atoms with E-state index in [0.29, 0.717) is 4.90 Å². The molecule has 0 bridgehead atoms. The summed E-state index contributed by atoms with van der Waals surface area (Å²) in [4.78, 5) is 32.6. The number of aliphatic hydroxyl groups excluding tert-OH is 1. The van der Waals surface area contributed by atoms with Gasteiger partial charge in [0.1, 0.15) is 19.1 Å². The van der Waals surface area contributed by atoms with Crippen LogP contribution in [0.25, 0.3) is 0 Å². The van der Waals surface area contributed by atoms with E-state index in [1.54, 1.807) is 6.26 Å². The number of hydrogen-bond acceptors (Lipinski definition) is 7. The van der Waals surface area contributed by atoms with Crippen LogP contribution in [0.3, 0.4) is 0 Å². The van der Waals surface area contributed by atoms with Crippen LogP contribution >= 0.6 is 11.8 Å². The molecule has 0 spiro atoms. The Bertz CT molecular complexity index is 323. The quantitative estimate of drug-likeness (QED) is 0.291. The van der Waals surface area contributed by atoms with Gasteiger partial charge in [0.2, 0.25) is 0 Å². The molecule has 0 aromatic carbocycles. The molecule has 0 saturated carbocycles. The lowest BCUT2D eigenvalue weighted by molar-refractivity contribution is -0.150. The first-order valence-corrected chi connectivity index (χ1v) is 6.50. The largest absolute Gasteiger partial charge is 0.480 e. The first-order valence-electron chi connectivity index (χ1n) is 5.11. The van der Waals surface area contributed by atoms with E-state index in [1.807, 2.05) is 0 Å². The number of carboxylic acid groups (broad SMARTS) is 3. The number of aliphatic carboxylic acids is 3. The van der Waals surface area contributed by atoms with Crippen molar-refractivity contribution in [1.29, 1.82) is 0 Å². The number of rotatable bonds is 10. The second-order valence-corrected chi connectivity index (χ2v) is 4.49. The summed E-state index contributed by atoms with van der Waals surface area (Å²) < 4.78 is 0. The fourth-order valence-corrected chi connectivity index (χ4v) is 1.79. The predicted molar refractivity (Wildman–Crippen MR) is 65.8 cm³/mol. The summed E-state index contributed by atoms with van der Waals surface area (Å²) in [6.07, 6.45) is -0.0172. The summed E-state index contributed by atoms with van der Waals surface area (Å²) in [6.45, 7) is -1.46. The molecular formula is C9H16N2O7S. The highest BCUT2D eigenvalue weighted by atomic mass is 32.2. The third kappa shape index (κ3) is 7.62. The fraction of sp³-hybridized carbons (Fsp3) is 0.667. The van der Waals surface area contributed by atoms with Crippen molar-refractivity contribution in [3.63, 3.8) is 0 Å². The highest BCUT2D eigenvalue weighted by molar-refractivity contribution is 7.98. The number of carboxylic acids is 3. The lowest BCUT2D eigenvalue weighted by Gasteiger charge is -2.27. The summed E-state index contributed by atoms with van der Waals surface area (Å²) in [5.41, 5.74) is 0. The Balaban J connectivity index is 4.67. The van der Waals surface area contributed by atoms with Gasteiger partial charge in [-0.25, -0.2) is 4.90 Å². The Hall–Kier alpha value is -1.36. The molecule has 2 unspecified atom stereocenters. The highest BCUT2D eigenvalue weighted by Crippen LogP contribution is 2.01. The normalized spacial score (nSPS) is 14.1. The minimum absolute atomic E-state index is 0.139. The van der Waals surface area contributed by atoms with E-state index >= 15 is 0 Å². The molecule has 0 aliphatic heterocycles. The van der Waals surface area contributed by atoms with Gasteiger partial charge in [0.25, 0.3) is 0 Å². The van der Waals surface area contributed by atoms with Gasteiger partial charge < -0.3 is 20.4 Å². The third-order valence-electron chi connectivity index (χ3n) is 2.00. The number of nitrogens with one attached hydrogen (secondary N) is 1. The number of carbonyl (C=O) groups is 3. The second kappa shape index (κ2) is 8.69. The van der Waals surface area contributed by atoms with Crippen LogP contribution in [0.4, 0.5) is 0 Å². The average Bonchev–Trinajstić information content (AvgIpc) is 2.25. The third-order valence-corrected chi connectivity index (χ3v) is 2.67. The zero-order valence-corrected chi connectivity index (χ0v) is 11.0. The molecule has 0 aliphatic carbocycles. The van der Waals surface area contributed by atoms with Crippen molar-refractivity contribution < 1.29 is 34.8 Å². The van der Waals surface area contributed by atoms with Crippen LogP contribution < -0.4 is 5.32 Å². The Morgan fingerprint density at radius 3 is 1.95 bits per heavy atom. The topological polar surface area (TPSA) is 147 Å². The monoisotopic (exact) mass is 296 g/mol. The predicted octanol–water partition coefficient (Wildman–Crippen LogP) is -1.86. The molecule has 0 aromatic rings. The van der Waals surface area contributed by atoms with Gasteiger partial charge >= 0.3 is 17.9 Å². The molecule has 9 nitrogen and oxygen atoms in total. The zero-order valence-electron chi connectivity index (χ0n) is 10.1. The Kier molecular flexibility index (Phi) is 8.07. The van der Waals surface area contributed by atoms with Crippen LogP contribution in [0.15, 0.2) is 0 Å². The molecule has 110 valence electrons. The Labute approximate surface area is 113 Å². The van der Waals surface area contributed by atoms with Gasteiger partial charge in [-0.2, -0.15) is 11.8 Å². The van der Waals surface area contributed by atoms with E-state index in [-0.39, 0.29) is 5.75 Å². The Morgan fingerprint density at radius 1 is 1.16 bits per heavy atom. The number of thioether (sulfide) groups is 1. The van der Waals surface area contributed by atoms with Gasteiger partial charge in [0, 0.05) is 5.75 Å². The van der Waals surface area contributed by atoms with Crippen molar-refractivity contribution in [3.8, 4) is 0 Å². The SMILES string of the molecule is CSCC(NC(O)N(CC(=O)O)CC(=O)O)C(=O)O. The van der Waals surface area contributed by atoms with Gasteiger partial charge in [-0.15, -0.1) is 0 Å². The number of nitrogens with zero attached hydrogens (tertiary/aromatic N) is 1. The van der Waals surface area contributed by atoms with E-state index in [2.05, 4.69) is 5.32 Å². The van der Waals surface area contributed by atoms with Crippen LogP contribution in [-0.4, -0.2) is 80.7 Å². The molecule has 0 saturated heterocycles. The van der Waals surface area contributed by atoms with Crippen LogP contribution in [-0.2, 0) is 14.4 Å². The maximum Gasteiger partial charge on any atom is 0.321 e. The van der Waals surface area contributed by atoms with Gasteiger partial charge in [-0.05, 0) is 6.26 Å². The first kappa shape index (κ1) is 17.6. The molecule has 2 atom stereocenters. The number of hydrogen-bond donors (Lipinski definition) is 5. The smallest absolute Gasteiger partial charge is 0.321 e. The number of aliphatic hydroxyl groups is 1. The second-order valence-electron chi connectivity index (χ2n) is 3.58. The molecule has 0 aromatic heterocycles. The first-order chi connectivity index (χ1) is 8.77. The molecule has 0 aliphatic rings. The minimum Gasteiger partial charge on any atom is -0.480 e. The molecule has 0 radical (unpaired) electrons. The van der Waals surface area contributed by atoms with Gasteiger partial charge in [0.05, 0.1) is 0 Å². The zero-order chi connectivity index (χ0) is 15.0. The van der Waals surface area contributed by atoms with E-state index < -0.39 is 43.4 Å². The van der Waals surface area contributed by atoms with Crippen molar-refractivity contribution in [3.05, 3.63) is 0 Å². The summed E-state index contributed by atoms with van der Waals surface area (Å²) in [6, 6.07) is -1.12. The van der Waals surface area contributed by atoms with Crippen molar-refractivity contribution >= 4 is 29.7 Å². The fourth-order valence-electron chi connectivity index (χ4n) is 1.22. The van der Waals surface area contributed by atoms with Crippen LogP contribution in [0, 0.1) is 0 Å². The Morgan fingerprint density at radius 2 is 1.63 bits per heavy atom. The van der Waals surface area contributed by atoms with Crippen LogP contribution in [0.1, 0.15) is 0 Å². The average molecular weight is 296 g/mol. The molecule has 19 heavy (non-hydrogen) atoms. The van der Waals surface area contributed by atoms with Crippen molar-refractivity contribution in [2.75, 3.05) is 25.1 Å². The molecule has 0 rings (SSSR count). The lowest BCUT2D eigenvalue weighted by atomic mass is 10.3. The maximum absolute atomic E-state index is 10.9. The summed E-state index contributed by atoms with van der Waals surface area (Å²) in [5, 5.41) is 38.0. The van der Waals surface area contributed by atoms with Crippen molar-refractivity contribution in [2.45, 2.75) is 12.4 Å². The molecule has 0 amide bonds. The van der Waals surface area contributed by atoms with Gasteiger partial charge in [-0.3, -0.25) is 19.7 Å². The van der Waals surface area contributed by atoms with E-state index in [1.165, 1.54) is 11.8 Å². The van der Waals surface area contributed by atoms with Gasteiger partial charge in [0.15, 0.2) is 6.35 Å². The van der Waals surface area contributed by atoms with Gasteiger partial charge in [-0.1, -0.05) is 0 Å². The maximum atomic E-state index is 10.9. The van der Waals surface area contributed by atoms with Crippen molar-refractivity contribution in [2.24, 2.45) is 0 Å². The summed E-state index contributed by atoms with van der Waals surface area (Å²) in [7, 11) is 0. The summed E-state index contributed by atoms with van der Waals surface area (Å²) >= 11 is 1.21. The highest BCUT2D eigenvalue weighted by Gasteiger charge is 2.26. The van der Waals surface area contributed by atoms with Crippen LogP contribution in [0.5, 0.6) is 0 Å². The molecule has 0 fully saturated rings.